The van der Waals surface area contributed by atoms with Crippen LogP contribution in [0.1, 0.15) is 0 Å². The standard InChI is InChI=1S/C4H4O4.Na/c1-2(3(5)6)4(7)8;/h1H2,(H,5,6)(H,7,8);. The second kappa shape index (κ2) is 4.55. The first-order valence-corrected chi connectivity index (χ1v) is 1.71. The molecule has 45 valence electrons. The summed E-state index contributed by atoms with van der Waals surface area (Å²) in [6, 6.07) is 0. The van der Waals surface area contributed by atoms with E-state index in [0.717, 1.165) is 0 Å². The van der Waals surface area contributed by atoms with Crippen molar-refractivity contribution in [3.05, 3.63) is 12.2 Å². The van der Waals surface area contributed by atoms with Crippen LogP contribution in [0.4, 0.5) is 0 Å². The normalized spacial score (nSPS) is 7.11. The van der Waals surface area contributed by atoms with Gasteiger partial charge in [0.1, 0.15) is 5.57 Å². The summed E-state index contributed by atoms with van der Waals surface area (Å²) in [5.74, 6) is -3.00. The molecule has 0 saturated carbocycles. The van der Waals surface area contributed by atoms with Gasteiger partial charge >= 0.3 is 11.9 Å². The molecular formula is C4H4NaO4. The Kier molecular flexibility index (Phi) is 5.80. The molecule has 0 aliphatic carbocycles. The van der Waals surface area contributed by atoms with Crippen molar-refractivity contribution in [2.75, 3.05) is 0 Å². The van der Waals surface area contributed by atoms with E-state index in [1.54, 1.807) is 0 Å². The summed E-state index contributed by atoms with van der Waals surface area (Å²) in [6.07, 6.45) is 0. The van der Waals surface area contributed by atoms with Crippen LogP contribution in [0.3, 0.4) is 0 Å². The number of hydrogen-bond acceptors (Lipinski definition) is 2. The summed E-state index contributed by atoms with van der Waals surface area (Å²) in [7, 11) is 0. The Morgan fingerprint density at radius 2 is 1.33 bits per heavy atom. The molecule has 0 fully saturated rings. The molecule has 4 nitrogen and oxygen atoms in total. The molecule has 0 unspecified atom stereocenters. The van der Waals surface area contributed by atoms with Gasteiger partial charge in [0.25, 0.3) is 0 Å². The van der Waals surface area contributed by atoms with Crippen LogP contribution < -0.4 is 0 Å². The average molecular weight is 139 g/mol. The van der Waals surface area contributed by atoms with Crippen LogP contribution in [0.2, 0.25) is 0 Å². The monoisotopic (exact) mass is 139 g/mol. The summed E-state index contributed by atoms with van der Waals surface area (Å²) in [5, 5.41) is 15.7. The maximum Gasteiger partial charge on any atom is 0.342 e. The molecule has 0 aliphatic rings. The molecule has 0 bridgehead atoms. The molecule has 0 aliphatic heterocycles. The number of carbonyl (C=O) groups is 2. The molecule has 0 saturated heterocycles. The Morgan fingerprint density at radius 1 is 1.11 bits per heavy atom. The molecule has 0 heterocycles. The van der Waals surface area contributed by atoms with Gasteiger partial charge in [-0.15, -0.1) is 0 Å². The Balaban J connectivity index is 0. The maximum absolute atomic E-state index is 9.66. The molecule has 2 N–H and O–H groups in total. The molecule has 0 spiro atoms. The fourth-order valence-electron chi connectivity index (χ4n) is 0.0915. The number of rotatable bonds is 2. The zero-order valence-electron chi connectivity index (χ0n) is 4.92. The number of carboxylic acid groups (broad SMARTS) is 2. The van der Waals surface area contributed by atoms with Crippen LogP contribution in [0.25, 0.3) is 0 Å². The predicted octanol–water partition coefficient (Wildman–Crippen LogP) is -0.669. The van der Waals surface area contributed by atoms with E-state index in [1.807, 2.05) is 0 Å². The van der Waals surface area contributed by atoms with Gasteiger partial charge in [-0.25, -0.2) is 9.59 Å². The number of aliphatic carboxylic acids is 2. The zero-order chi connectivity index (χ0) is 6.73. The van der Waals surface area contributed by atoms with Gasteiger partial charge in [0.2, 0.25) is 0 Å². The maximum atomic E-state index is 9.66. The Bertz CT molecular complexity index is 135. The van der Waals surface area contributed by atoms with E-state index in [9.17, 15) is 9.59 Å². The third-order valence-corrected chi connectivity index (χ3v) is 0.516. The molecule has 0 rings (SSSR count). The molecule has 0 atom stereocenters. The molecule has 5 heteroatoms. The van der Waals surface area contributed by atoms with Crippen LogP contribution >= 0.6 is 0 Å². The summed E-state index contributed by atoms with van der Waals surface area (Å²) in [6.45, 7) is 2.75. The van der Waals surface area contributed by atoms with Crippen molar-refractivity contribution >= 4 is 41.5 Å². The Labute approximate surface area is 73.5 Å². The fraction of sp³-hybridized carbons (Fsp3) is 0. The van der Waals surface area contributed by atoms with Gasteiger partial charge < -0.3 is 10.2 Å². The van der Waals surface area contributed by atoms with Crippen LogP contribution in [0, 0.1) is 0 Å². The van der Waals surface area contributed by atoms with Crippen LogP contribution in [0.15, 0.2) is 12.2 Å². The SMILES string of the molecule is C=C(C(=O)O)C(=O)O.[Na]. The summed E-state index contributed by atoms with van der Waals surface area (Å²) in [4.78, 5) is 19.3. The second-order valence-corrected chi connectivity index (χ2v) is 1.09. The van der Waals surface area contributed by atoms with Crippen molar-refractivity contribution in [1.82, 2.24) is 0 Å². The summed E-state index contributed by atoms with van der Waals surface area (Å²) >= 11 is 0. The third-order valence-electron chi connectivity index (χ3n) is 0.516. The van der Waals surface area contributed by atoms with E-state index in [0.29, 0.717) is 0 Å². The van der Waals surface area contributed by atoms with E-state index >= 15 is 0 Å². The topological polar surface area (TPSA) is 74.6 Å². The first-order valence-electron chi connectivity index (χ1n) is 1.71. The minimum atomic E-state index is -1.50. The molecule has 0 aromatic carbocycles. The Morgan fingerprint density at radius 3 is 1.33 bits per heavy atom. The average Bonchev–Trinajstić information content (AvgIpc) is 1.64. The van der Waals surface area contributed by atoms with Crippen molar-refractivity contribution in [1.29, 1.82) is 0 Å². The molecule has 0 aromatic heterocycles. The van der Waals surface area contributed by atoms with E-state index in [4.69, 9.17) is 10.2 Å². The van der Waals surface area contributed by atoms with Gasteiger partial charge in [0.05, 0.1) is 0 Å². The van der Waals surface area contributed by atoms with Gasteiger partial charge in [0, 0.05) is 29.6 Å². The van der Waals surface area contributed by atoms with Crippen molar-refractivity contribution < 1.29 is 19.8 Å². The first kappa shape index (κ1) is 11.5. The second-order valence-electron chi connectivity index (χ2n) is 1.09. The minimum Gasteiger partial charge on any atom is -0.477 e. The fourth-order valence-corrected chi connectivity index (χ4v) is 0.0915. The summed E-state index contributed by atoms with van der Waals surface area (Å²) in [5.41, 5.74) is -0.815. The van der Waals surface area contributed by atoms with Crippen molar-refractivity contribution in [3.8, 4) is 0 Å². The van der Waals surface area contributed by atoms with Crippen LogP contribution in [0.5, 0.6) is 0 Å². The van der Waals surface area contributed by atoms with Crippen LogP contribution in [-0.2, 0) is 9.59 Å². The predicted molar refractivity (Wildman–Crippen MR) is 30.2 cm³/mol. The largest absolute Gasteiger partial charge is 0.477 e. The van der Waals surface area contributed by atoms with Gasteiger partial charge in [-0.2, -0.15) is 0 Å². The van der Waals surface area contributed by atoms with Gasteiger partial charge in [-0.05, 0) is 0 Å². The Hall–Kier alpha value is -0.320. The third kappa shape index (κ3) is 4.20. The van der Waals surface area contributed by atoms with E-state index in [2.05, 4.69) is 6.58 Å². The van der Waals surface area contributed by atoms with Crippen LogP contribution in [-0.4, -0.2) is 51.7 Å². The first-order chi connectivity index (χ1) is 3.55. The van der Waals surface area contributed by atoms with Crippen molar-refractivity contribution in [2.24, 2.45) is 0 Å². The quantitative estimate of drug-likeness (QED) is 0.230. The van der Waals surface area contributed by atoms with Crippen molar-refractivity contribution in [3.63, 3.8) is 0 Å². The molecule has 1 radical (unpaired) electrons. The van der Waals surface area contributed by atoms with Gasteiger partial charge in [-0.1, -0.05) is 6.58 Å². The van der Waals surface area contributed by atoms with E-state index in [1.165, 1.54) is 0 Å². The van der Waals surface area contributed by atoms with Crippen molar-refractivity contribution in [2.45, 2.75) is 0 Å². The van der Waals surface area contributed by atoms with Gasteiger partial charge in [0.15, 0.2) is 0 Å². The summed E-state index contributed by atoms with van der Waals surface area (Å²) < 4.78 is 0. The number of carboxylic acids is 2. The van der Waals surface area contributed by atoms with E-state index < -0.39 is 17.5 Å². The molecule has 9 heavy (non-hydrogen) atoms. The smallest absolute Gasteiger partial charge is 0.342 e. The van der Waals surface area contributed by atoms with Gasteiger partial charge in [-0.3, -0.25) is 0 Å². The zero-order valence-corrected chi connectivity index (χ0v) is 6.92. The molecule has 0 amide bonds. The molecular weight excluding hydrogens is 135 g/mol. The minimum absolute atomic E-state index is 0. The number of hydrogen-bond donors (Lipinski definition) is 2. The molecule has 0 aromatic rings. The van der Waals surface area contributed by atoms with E-state index in [-0.39, 0.29) is 29.6 Å².